The van der Waals surface area contributed by atoms with Crippen LogP contribution in [0.3, 0.4) is 0 Å². The highest BCUT2D eigenvalue weighted by atomic mass is 35.5. The fourth-order valence-electron chi connectivity index (χ4n) is 2.29. The largest absolute Gasteiger partial charge is 0.491 e. The molecule has 0 saturated heterocycles. The van der Waals surface area contributed by atoms with Gasteiger partial charge >= 0.3 is 6.18 Å². The van der Waals surface area contributed by atoms with Gasteiger partial charge in [-0.2, -0.15) is 13.2 Å². The van der Waals surface area contributed by atoms with Crippen molar-refractivity contribution in [2.24, 2.45) is 5.92 Å². The van der Waals surface area contributed by atoms with Crippen LogP contribution in [0.1, 0.15) is 37.8 Å². The Labute approximate surface area is 151 Å². The standard InChI is InChI=1S/C17H23F3N2O2.ClH/c1-11(2)24-14-6-5-13(15(7-14)17(18,19)20)9-22-16(23)10-21-8-12-3-4-12;/h5-7,11-12,21H,3-4,8-10H2,1-2H3,(H,22,23);1H. The van der Waals surface area contributed by atoms with Crippen LogP contribution in [0.4, 0.5) is 13.2 Å². The predicted octanol–water partition coefficient (Wildman–Crippen LogP) is 3.53. The van der Waals surface area contributed by atoms with Crippen molar-refractivity contribution in [1.82, 2.24) is 10.6 Å². The maximum absolute atomic E-state index is 13.2. The second-order valence-corrected chi connectivity index (χ2v) is 6.33. The lowest BCUT2D eigenvalue weighted by Gasteiger charge is -2.17. The first-order valence-corrected chi connectivity index (χ1v) is 8.10. The lowest BCUT2D eigenvalue weighted by atomic mass is 10.1. The molecule has 0 unspecified atom stereocenters. The molecule has 25 heavy (non-hydrogen) atoms. The molecule has 4 nitrogen and oxygen atoms in total. The lowest BCUT2D eigenvalue weighted by Crippen LogP contribution is -2.34. The Morgan fingerprint density at radius 2 is 2.00 bits per heavy atom. The van der Waals surface area contributed by atoms with Gasteiger partial charge in [0.05, 0.1) is 18.2 Å². The van der Waals surface area contributed by atoms with Gasteiger partial charge < -0.3 is 15.4 Å². The molecule has 0 aliphatic heterocycles. The number of hydrogen-bond acceptors (Lipinski definition) is 3. The van der Waals surface area contributed by atoms with E-state index in [9.17, 15) is 18.0 Å². The SMILES string of the molecule is CC(C)Oc1ccc(CNC(=O)CNCC2CC2)c(C(F)(F)F)c1.Cl. The summed E-state index contributed by atoms with van der Waals surface area (Å²) in [5.41, 5.74) is -0.763. The maximum Gasteiger partial charge on any atom is 0.416 e. The molecule has 1 fully saturated rings. The van der Waals surface area contributed by atoms with Crippen LogP contribution in [0.15, 0.2) is 18.2 Å². The van der Waals surface area contributed by atoms with Crippen molar-refractivity contribution < 1.29 is 22.7 Å². The van der Waals surface area contributed by atoms with Crippen molar-refractivity contribution in [2.45, 2.75) is 45.5 Å². The third-order valence-electron chi connectivity index (χ3n) is 3.65. The molecule has 1 amide bonds. The Hall–Kier alpha value is -1.47. The predicted molar refractivity (Wildman–Crippen MR) is 91.9 cm³/mol. The summed E-state index contributed by atoms with van der Waals surface area (Å²) in [6.07, 6.45) is -2.36. The van der Waals surface area contributed by atoms with E-state index in [1.54, 1.807) is 13.8 Å². The fourth-order valence-corrected chi connectivity index (χ4v) is 2.29. The minimum Gasteiger partial charge on any atom is -0.491 e. The van der Waals surface area contributed by atoms with Gasteiger partial charge in [0.25, 0.3) is 0 Å². The van der Waals surface area contributed by atoms with Gasteiger partial charge in [-0.15, -0.1) is 12.4 Å². The molecular formula is C17H24ClF3N2O2. The second-order valence-electron chi connectivity index (χ2n) is 6.33. The molecule has 0 heterocycles. The van der Waals surface area contributed by atoms with E-state index >= 15 is 0 Å². The zero-order valence-corrected chi connectivity index (χ0v) is 15.1. The van der Waals surface area contributed by atoms with Crippen LogP contribution >= 0.6 is 12.4 Å². The summed E-state index contributed by atoms with van der Waals surface area (Å²) in [4.78, 5) is 11.7. The maximum atomic E-state index is 13.2. The number of hydrogen-bond donors (Lipinski definition) is 2. The number of carbonyl (C=O) groups is 1. The highest BCUT2D eigenvalue weighted by Crippen LogP contribution is 2.34. The van der Waals surface area contributed by atoms with Gasteiger partial charge in [0, 0.05) is 6.54 Å². The summed E-state index contributed by atoms with van der Waals surface area (Å²) in [5.74, 6) is 0.493. The molecule has 2 N–H and O–H groups in total. The molecule has 0 spiro atoms. The van der Waals surface area contributed by atoms with Crippen LogP contribution in [0.25, 0.3) is 0 Å². The number of alkyl halides is 3. The number of benzene rings is 1. The zero-order valence-electron chi connectivity index (χ0n) is 14.3. The van der Waals surface area contributed by atoms with Gasteiger partial charge in [-0.1, -0.05) is 6.07 Å². The molecule has 0 aromatic heterocycles. The van der Waals surface area contributed by atoms with Crippen LogP contribution in [-0.2, 0) is 17.5 Å². The average Bonchev–Trinajstić information content (AvgIpc) is 3.28. The first kappa shape index (κ1) is 21.6. The van der Waals surface area contributed by atoms with Gasteiger partial charge in [-0.3, -0.25) is 4.79 Å². The van der Waals surface area contributed by atoms with Crippen LogP contribution in [-0.4, -0.2) is 25.1 Å². The fraction of sp³-hybridized carbons (Fsp3) is 0.588. The molecule has 2 rings (SSSR count). The topological polar surface area (TPSA) is 50.4 Å². The molecule has 0 radical (unpaired) electrons. The number of halogens is 4. The molecule has 142 valence electrons. The average molecular weight is 381 g/mol. The molecule has 1 saturated carbocycles. The molecule has 0 bridgehead atoms. The minimum absolute atomic E-state index is 0. The monoisotopic (exact) mass is 380 g/mol. The van der Waals surface area contributed by atoms with Gasteiger partial charge in [0.15, 0.2) is 0 Å². The molecule has 1 aliphatic rings. The van der Waals surface area contributed by atoms with Crippen molar-refractivity contribution in [1.29, 1.82) is 0 Å². The van der Waals surface area contributed by atoms with Crippen LogP contribution in [0, 0.1) is 5.92 Å². The molecular weight excluding hydrogens is 357 g/mol. The minimum atomic E-state index is -4.50. The van der Waals surface area contributed by atoms with E-state index in [2.05, 4.69) is 10.6 Å². The third-order valence-corrected chi connectivity index (χ3v) is 3.65. The van der Waals surface area contributed by atoms with Gasteiger partial charge in [0.2, 0.25) is 5.91 Å². The van der Waals surface area contributed by atoms with Crippen molar-refractivity contribution in [3.8, 4) is 5.75 Å². The van der Waals surface area contributed by atoms with E-state index in [1.807, 2.05) is 0 Å². The lowest BCUT2D eigenvalue weighted by molar-refractivity contribution is -0.138. The Morgan fingerprint density at radius 3 is 2.56 bits per heavy atom. The molecule has 1 aromatic rings. The third kappa shape index (κ3) is 7.52. The highest BCUT2D eigenvalue weighted by molar-refractivity contribution is 5.85. The summed E-state index contributed by atoms with van der Waals surface area (Å²) >= 11 is 0. The molecule has 0 atom stereocenters. The van der Waals surface area contributed by atoms with Crippen molar-refractivity contribution in [3.05, 3.63) is 29.3 Å². The van der Waals surface area contributed by atoms with Crippen molar-refractivity contribution in [3.63, 3.8) is 0 Å². The number of ether oxygens (including phenoxy) is 1. The van der Waals surface area contributed by atoms with Crippen LogP contribution < -0.4 is 15.4 Å². The second kappa shape index (κ2) is 9.29. The summed E-state index contributed by atoms with van der Waals surface area (Å²) < 4.78 is 44.9. The van der Waals surface area contributed by atoms with E-state index in [0.717, 1.165) is 12.6 Å². The molecule has 8 heteroatoms. The number of amides is 1. The number of carbonyl (C=O) groups excluding carboxylic acids is 1. The summed E-state index contributed by atoms with van der Waals surface area (Å²) in [5, 5.41) is 5.53. The van der Waals surface area contributed by atoms with Gasteiger partial charge in [-0.25, -0.2) is 0 Å². The van der Waals surface area contributed by atoms with E-state index in [4.69, 9.17) is 4.74 Å². The van der Waals surface area contributed by atoms with E-state index in [-0.39, 0.29) is 48.8 Å². The highest BCUT2D eigenvalue weighted by Gasteiger charge is 2.34. The van der Waals surface area contributed by atoms with Crippen molar-refractivity contribution >= 4 is 18.3 Å². The van der Waals surface area contributed by atoms with E-state index in [0.29, 0.717) is 5.92 Å². The number of rotatable bonds is 8. The Kier molecular flexibility index (Phi) is 8.02. The molecule has 1 aliphatic carbocycles. The Bertz CT molecular complexity index is 576. The smallest absolute Gasteiger partial charge is 0.416 e. The van der Waals surface area contributed by atoms with Crippen molar-refractivity contribution in [2.75, 3.05) is 13.1 Å². The van der Waals surface area contributed by atoms with Crippen LogP contribution in [0.5, 0.6) is 5.75 Å². The van der Waals surface area contributed by atoms with Gasteiger partial charge in [0.1, 0.15) is 5.75 Å². The number of nitrogens with one attached hydrogen (secondary N) is 2. The summed E-state index contributed by atoms with van der Waals surface area (Å²) in [6, 6.07) is 3.81. The summed E-state index contributed by atoms with van der Waals surface area (Å²) in [6.45, 7) is 4.22. The van der Waals surface area contributed by atoms with E-state index in [1.165, 1.54) is 25.0 Å². The zero-order chi connectivity index (χ0) is 17.7. The first-order chi connectivity index (χ1) is 11.3. The Morgan fingerprint density at radius 1 is 1.32 bits per heavy atom. The Balaban J connectivity index is 0.00000312. The normalized spacial score (nSPS) is 14.2. The summed E-state index contributed by atoms with van der Waals surface area (Å²) in [7, 11) is 0. The van der Waals surface area contributed by atoms with Crippen LogP contribution in [0.2, 0.25) is 0 Å². The van der Waals surface area contributed by atoms with Gasteiger partial charge in [-0.05, 0) is 56.8 Å². The molecule has 1 aromatic carbocycles. The first-order valence-electron chi connectivity index (χ1n) is 8.10. The quantitative estimate of drug-likeness (QED) is 0.725. The van der Waals surface area contributed by atoms with E-state index < -0.39 is 11.7 Å².